The molecule has 0 aromatic heterocycles. The minimum Gasteiger partial charge on any atom is -0.355 e. The van der Waals surface area contributed by atoms with E-state index in [9.17, 15) is 19.3 Å². The minimum atomic E-state index is -0.868. The molecule has 2 N–H and O–H groups in total. The predicted octanol–water partition coefficient (Wildman–Crippen LogP) is 1.60. The molecule has 0 aliphatic heterocycles. The third-order valence-corrected chi connectivity index (χ3v) is 2.56. The van der Waals surface area contributed by atoms with Crippen LogP contribution in [0.1, 0.15) is 19.4 Å². The predicted molar refractivity (Wildman–Crippen MR) is 72.6 cm³/mol. The van der Waals surface area contributed by atoms with Crippen molar-refractivity contribution < 1.29 is 14.1 Å². The zero-order valence-corrected chi connectivity index (χ0v) is 11.5. The van der Waals surface area contributed by atoms with Crippen LogP contribution < -0.4 is 10.6 Å². The second kappa shape index (κ2) is 7.54. The summed E-state index contributed by atoms with van der Waals surface area (Å²) in [4.78, 5) is 21.2. The highest BCUT2D eigenvalue weighted by molar-refractivity contribution is 5.77. The van der Waals surface area contributed by atoms with Crippen molar-refractivity contribution >= 4 is 11.6 Å². The fraction of sp³-hybridized carbons (Fsp3) is 0.462. The van der Waals surface area contributed by atoms with Gasteiger partial charge in [-0.25, -0.2) is 0 Å². The molecule has 0 spiro atoms. The maximum atomic E-state index is 13.7. The number of hydrogen-bond acceptors (Lipinski definition) is 4. The SMILES string of the molecule is CC(C)CNC(=O)CNCc1cccc([N+](=O)[O-])c1F. The normalized spacial score (nSPS) is 10.6. The molecule has 1 aromatic rings. The molecule has 0 aliphatic rings. The molecule has 1 aromatic carbocycles. The Hall–Kier alpha value is -2.02. The molecule has 0 atom stereocenters. The van der Waals surface area contributed by atoms with Crippen molar-refractivity contribution in [2.75, 3.05) is 13.1 Å². The van der Waals surface area contributed by atoms with Gasteiger partial charge < -0.3 is 10.6 Å². The van der Waals surface area contributed by atoms with E-state index in [0.29, 0.717) is 12.5 Å². The Kier molecular flexibility index (Phi) is 6.05. The van der Waals surface area contributed by atoms with Crippen molar-refractivity contribution in [2.24, 2.45) is 5.92 Å². The Balaban J connectivity index is 2.48. The molecule has 7 heteroatoms. The first-order chi connectivity index (χ1) is 9.41. The van der Waals surface area contributed by atoms with E-state index in [4.69, 9.17) is 0 Å². The van der Waals surface area contributed by atoms with Crippen molar-refractivity contribution in [1.82, 2.24) is 10.6 Å². The summed E-state index contributed by atoms with van der Waals surface area (Å²) < 4.78 is 13.7. The van der Waals surface area contributed by atoms with E-state index in [1.807, 2.05) is 13.8 Å². The lowest BCUT2D eigenvalue weighted by Gasteiger charge is -2.09. The fourth-order valence-corrected chi connectivity index (χ4v) is 1.53. The maximum Gasteiger partial charge on any atom is 0.305 e. The lowest BCUT2D eigenvalue weighted by atomic mass is 10.2. The van der Waals surface area contributed by atoms with E-state index < -0.39 is 16.4 Å². The second-order valence-electron chi connectivity index (χ2n) is 4.81. The number of carbonyl (C=O) groups excluding carboxylic acids is 1. The minimum absolute atomic E-state index is 0.0366. The van der Waals surface area contributed by atoms with E-state index in [1.54, 1.807) is 0 Å². The van der Waals surface area contributed by atoms with Crippen molar-refractivity contribution in [3.63, 3.8) is 0 Å². The third-order valence-electron chi connectivity index (χ3n) is 2.56. The summed E-state index contributed by atoms with van der Waals surface area (Å²) >= 11 is 0. The largest absolute Gasteiger partial charge is 0.355 e. The summed E-state index contributed by atoms with van der Waals surface area (Å²) in [6.45, 7) is 4.63. The molecule has 110 valence electrons. The average molecular weight is 283 g/mol. The topological polar surface area (TPSA) is 84.3 Å². The molecular formula is C13H18FN3O3. The van der Waals surface area contributed by atoms with Crippen LogP contribution in [-0.4, -0.2) is 23.9 Å². The molecule has 1 rings (SSSR count). The highest BCUT2D eigenvalue weighted by atomic mass is 19.1. The standard InChI is InChI=1S/C13H18FN3O3/c1-9(2)6-16-12(18)8-15-7-10-4-3-5-11(13(10)14)17(19)20/h3-5,9,15H,6-8H2,1-2H3,(H,16,18). The van der Waals surface area contributed by atoms with Gasteiger partial charge in [-0.1, -0.05) is 26.0 Å². The van der Waals surface area contributed by atoms with Crippen molar-refractivity contribution in [3.8, 4) is 0 Å². The molecule has 0 saturated carbocycles. The van der Waals surface area contributed by atoms with E-state index in [2.05, 4.69) is 10.6 Å². The lowest BCUT2D eigenvalue weighted by molar-refractivity contribution is -0.387. The number of nitrogens with zero attached hydrogens (tertiary/aromatic N) is 1. The van der Waals surface area contributed by atoms with E-state index in [0.717, 1.165) is 6.07 Å². The third kappa shape index (κ3) is 4.93. The van der Waals surface area contributed by atoms with Crippen LogP contribution >= 0.6 is 0 Å². The van der Waals surface area contributed by atoms with Crippen LogP contribution in [0.25, 0.3) is 0 Å². The molecule has 20 heavy (non-hydrogen) atoms. The first-order valence-corrected chi connectivity index (χ1v) is 6.31. The number of amides is 1. The van der Waals surface area contributed by atoms with Gasteiger partial charge in [-0.05, 0) is 5.92 Å². The fourth-order valence-electron chi connectivity index (χ4n) is 1.53. The first-order valence-electron chi connectivity index (χ1n) is 6.31. The molecule has 0 bridgehead atoms. The summed E-state index contributed by atoms with van der Waals surface area (Å²) in [7, 11) is 0. The lowest BCUT2D eigenvalue weighted by Crippen LogP contribution is -2.35. The van der Waals surface area contributed by atoms with E-state index in [-0.39, 0.29) is 24.6 Å². The van der Waals surface area contributed by atoms with Crippen LogP contribution in [0.15, 0.2) is 18.2 Å². The number of nitro benzene ring substituents is 1. The number of carbonyl (C=O) groups is 1. The Labute approximate surface area is 116 Å². The number of rotatable bonds is 7. The summed E-state index contributed by atoms with van der Waals surface area (Å²) in [5.74, 6) is -0.703. The van der Waals surface area contributed by atoms with Crippen LogP contribution in [0.4, 0.5) is 10.1 Å². The molecule has 0 radical (unpaired) electrons. The zero-order valence-electron chi connectivity index (χ0n) is 11.5. The number of hydrogen-bond donors (Lipinski definition) is 2. The molecule has 0 fully saturated rings. The van der Waals surface area contributed by atoms with Crippen LogP contribution in [0.5, 0.6) is 0 Å². The van der Waals surface area contributed by atoms with Crippen molar-refractivity contribution in [2.45, 2.75) is 20.4 Å². The quantitative estimate of drug-likeness (QED) is 0.588. The van der Waals surface area contributed by atoms with Gasteiger partial charge in [-0.2, -0.15) is 4.39 Å². The highest BCUT2D eigenvalue weighted by Gasteiger charge is 2.16. The molecule has 0 unspecified atom stereocenters. The molecule has 6 nitrogen and oxygen atoms in total. The monoisotopic (exact) mass is 283 g/mol. The summed E-state index contributed by atoms with van der Waals surface area (Å²) in [5.41, 5.74) is -0.399. The average Bonchev–Trinajstić information content (AvgIpc) is 2.38. The Morgan fingerprint density at radius 2 is 2.15 bits per heavy atom. The van der Waals surface area contributed by atoms with Gasteiger partial charge >= 0.3 is 5.69 Å². The number of benzene rings is 1. The van der Waals surface area contributed by atoms with Crippen LogP contribution in [0.3, 0.4) is 0 Å². The Morgan fingerprint density at radius 1 is 1.45 bits per heavy atom. The highest BCUT2D eigenvalue weighted by Crippen LogP contribution is 2.19. The van der Waals surface area contributed by atoms with E-state index in [1.165, 1.54) is 12.1 Å². The molecule has 0 saturated heterocycles. The van der Waals surface area contributed by atoms with E-state index >= 15 is 0 Å². The van der Waals surface area contributed by atoms with Gasteiger partial charge in [0.2, 0.25) is 11.7 Å². The van der Waals surface area contributed by atoms with Crippen LogP contribution in [0, 0.1) is 21.8 Å². The van der Waals surface area contributed by atoms with Gasteiger partial charge in [0.15, 0.2) is 0 Å². The van der Waals surface area contributed by atoms with Crippen LogP contribution in [-0.2, 0) is 11.3 Å². The van der Waals surface area contributed by atoms with Crippen LogP contribution in [0.2, 0.25) is 0 Å². The van der Waals surface area contributed by atoms with Gasteiger partial charge in [-0.15, -0.1) is 0 Å². The molecule has 0 heterocycles. The second-order valence-corrected chi connectivity index (χ2v) is 4.81. The molecule has 0 aliphatic carbocycles. The summed E-state index contributed by atoms with van der Waals surface area (Å²) in [6, 6.07) is 3.96. The van der Waals surface area contributed by atoms with Gasteiger partial charge in [0, 0.05) is 24.7 Å². The number of nitrogens with one attached hydrogen (secondary N) is 2. The van der Waals surface area contributed by atoms with Gasteiger partial charge in [0.25, 0.3) is 0 Å². The summed E-state index contributed by atoms with van der Waals surface area (Å²) in [5, 5.41) is 16.1. The maximum absolute atomic E-state index is 13.7. The number of nitro groups is 1. The van der Waals surface area contributed by atoms with Crippen molar-refractivity contribution in [3.05, 3.63) is 39.7 Å². The Bertz CT molecular complexity index is 492. The summed E-state index contributed by atoms with van der Waals surface area (Å²) in [6.07, 6.45) is 0. The van der Waals surface area contributed by atoms with Gasteiger partial charge in [0.05, 0.1) is 11.5 Å². The first kappa shape index (κ1) is 16.0. The Morgan fingerprint density at radius 3 is 2.75 bits per heavy atom. The van der Waals surface area contributed by atoms with Gasteiger partial charge in [0.1, 0.15) is 0 Å². The smallest absolute Gasteiger partial charge is 0.305 e. The zero-order chi connectivity index (χ0) is 15.1. The molecular weight excluding hydrogens is 265 g/mol. The van der Waals surface area contributed by atoms with Crippen molar-refractivity contribution in [1.29, 1.82) is 0 Å². The number of halogens is 1. The van der Waals surface area contributed by atoms with Gasteiger partial charge in [-0.3, -0.25) is 14.9 Å². The molecule has 1 amide bonds.